The van der Waals surface area contributed by atoms with E-state index >= 15 is 0 Å². The van der Waals surface area contributed by atoms with Crippen molar-refractivity contribution in [2.75, 3.05) is 38.2 Å². The summed E-state index contributed by atoms with van der Waals surface area (Å²) in [5.41, 5.74) is 6.21. The van der Waals surface area contributed by atoms with Gasteiger partial charge in [0.15, 0.2) is 0 Å². The lowest BCUT2D eigenvalue weighted by Gasteiger charge is -2.44. The minimum atomic E-state index is -1.36. The van der Waals surface area contributed by atoms with Gasteiger partial charge < -0.3 is 41.2 Å². The number of pyridine rings is 1. The normalized spacial score (nSPS) is 36.3. The molecule has 202 valence electrons. The molecule has 1 amide bonds. The van der Waals surface area contributed by atoms with E-state index in [-0.39, 0.29) is 23.8 Å². The van der Waals surface area contributed by atoms with Crippen LogP contribution in [0.3, 0.4) is 0 Å². The van der Waals surface area contributed by atoms with Gasteiger partial charge in [0, 0.05) is 38.3 Å². The molecule has 0 spiro atoms. The van der Waals surface area contributed by atoms with Crippen molar-refractivity contribution in [2.45, 2.75) is 68.4 Å². The molecule has 4 unspecified atom stereocenters. The molecule has 0 radical (unpaired) electrons. The minimum Gasteiger partial charge on any atom is -0.388 e. The minimum absolute atomic E-state index is 0.0888. The number of nitrogens with two attached hydrogens (primary N) is 1. The monoisotopic (exact) mass is 525 g/mol. The second-order valence-corrected chi connectivity index (χ2v) is 11.2. The Labute approximate surface area is 216 Å². The lowest BCUT2D eigenvalue weighted by Crippen LogP contribution is -2.65. The number of fused-ring (bicyclic) bond motifs is 1. The van der Waals surface area contributed by atoms with Crippen molar-refractivity contribution in [3.8, 4) is 0 Å². The van der Waals surface area contributed by atoms with Crippen LogP contribution >= 0.6 is 11.8 Å². The van der Waals surface area contributed by atoms with Gasteiger partial charge in [0.05, 0.1) is 18.8 Å². The Hall–Kier alpha value is -1.51. The number of aromatic nitrogens is 1. The highest BCUT2D eigenvalue weighted by Gasteiger charge is 2.49. The number of aliphatic hydroxyl groups excluding tert-OH is 3. The van der Waals surface area contributed by atoms with Gasteiger partial charge in [-0.05, 0) is 29.9 Å². The SMILES string of the molecule is CSC1O[C@H]([C@H](NC(=O)C2NC[C@@H]3CN(Cc4ccnc(N)c4)CCO[C@@H]23)C(C)C)C(O)C(O)[C@H]1O. The maximum atomic E-state index is 13.4. The second-order valence-electron chi connectivity index (χ2n) is 10.3. The summed E-state index contributed by atoms with van der Waals surface area (Å²) in [5.74, 6) is 0.311. The fourth-order valence-electron chi connectivity index (χ4n) is 5.41. The Morgan fingerprint density at radius 3 is 2.81 bits per heavy atom. The molecule has 1 aromatic rings. The molecule has 0 aromatic carbocycles. The number of nitrogens with zero attached hydrogens (tertiary/aromatic N) is 2. The van der Waals surface area contributed by atoms with Crippen LogP contribution in [0.2, 0.25) is 0 Å². The van der Waals surface area contributed by atoms with E-state index < -0.39 is 41.9 Å². The number of amides is 1. The molecule has 11 nitrogen and oxygen atoms in total. The van der Waals surface area contributed by atoms with E-state index in [9.17, 15) is 20.1 Å². The number of ether oxygens (including phenoxy) is 2. The number of nitrogen functional groups attached to an aromatic ring is 1. The van der Waals surface area contributed by atoms with Crippen LogP contribution in [0, 0.1) is 11.8 Å². The second kappa shape index (κ2) is 11.9. The number of carbonyl (C=O) groups excluding carboxylic acids is 1. The molecule has 7 N–H and O–H groups in total. The zero-order valence-corrected chi connectivity index (χ0v) is 21.8. The van der Waals surface area contributed by atoms with Crippen molar-refractivity contribution in [3.63, 3.8) is 0 Å². The summed E-state index contributed by atoms with van der Waals surface area (Å²) in [5, 5.41) is 37.6. The first-order valence-electron chi connectivity index (χ1n) is 12.5. The Morgan fingerprint density at radius 1 is 1.33 bits per heavy atom. The van der Waals surface area contributed by atoms with Crippen LogP contribution in [0.5, 0.6) is 0 Å². The molecule has 4 heterocycles. The van der Waals surface area contributed by atoms with Gasteiger partial charge in [-0.1, -0.05) is 13.8 Å². The van der Waals surface area contributed by atoms with Crippen molar-refractivity contribution in [2.24, 2.45) is 11.8 Å². The largest absolute Gasteiger partial charge is 0.388 e. The molecule has 0 aliphatic carbocycles. The molecular weight excluding hydrogens is 486 g/mol. The first-order chi connectivity index (χ1) is 17.2. The highest BCUT2D eigenvalue weighted by atomic mass is 32.2. The van der Waals surface area contributed by atoms with Crippen LogP contribution in [-0.4, -0.2) is 112 Å². The van der Waals surface area contributed by atoms with Gasteiger partial charge in [-0.15, -0.1) is 11.8 Å². The van der Waals surface area contributed by atoms with Gasteiger partial charge in [-0.25, -0.2) is 4.98 Å². The summed E-state index contributed by atoms with van der Waals surface area (Å²) >= 11 is 1.25. The quantitative estimate of drug-likeness (QED) is 0.253. The third kappa shape index (κ3) is 5.97. The third-order valence-corrected chi connectivity index (χ3v) is 8.21. The molecule has 3 aliphatic heterocycles. The maximum Gasteiger partial charge on any atom is 0.240 e. The lowest BCUT2D eigenvalue weighted by atomic mass is 9.88. The molecule has 3 saturated heterocycles. The zero-order valence-electron chi connectivity index (χ0n) is 21.0. The first-order valence-corrected chi connectivity index (χ1v) is 13.8. The summed E-state index contributed by atoms with van der Waals surface area (Å²) < 4.78 is 12.1. The number of hydrogen-bond acceptors (Lipinski definition) is 11. The van der Waals surface area contributed by atoms with Crippen LogP contribution in [0.1, 0.15) is 19.4 Å². The van der Waals surface area contributed by atoms with Crippen molar-refractivity contribution in [1.82, 2.24) is 20.5 Å². The van der Waals surface area contributed by atoms with E-state index in [1.165, 1.54) is 11.8 Å². The van der Waals surface area contributed by atoms with E-state index in [1.807, 2.05) is 26.0 Å². The van der Waals surface area contributed by atoms with Crippen molar-refractivity contribution in [1.29, 1.82) is 0 Å². The van der Waals surface area contributed by atoms with Gasteiger partial charge >= 0.3 is 0 Å². The fourth-order valence-corrected chi connectivity index (χ4v) is 6.09. The number of nitrogens with one attached hydrogen (secondary N) is 2. The van der Waals surface area contributed by atoms with Gasteiger partial charge in [-0.3, -0.25) is 9.69 Å². The Bertz CT molecular complexity index is 894. The number of rotatable bonds is 7. The molecule has 3 aliphatic rings. The predicted octanol–water partition coefficient (Wildman–Crippen LogP) is -1.24. The van der Waals surface area contributed by atoms with E-state index in [2.05, 4.69) is 20.5 Å². The summed E-state index contributed by atoms with van der Waals surface area (Å²) in [6.45, 7) is 7.24. The topological polar surface area (TPSA) is 162 Å². The Balaban J connectivity index is 1.40. The Kier molecular flexibility index (Phi) is 9.10. The number of aliphatic hydroxyl groups is 3. The zero-order chi connectivity index (χ0) is 26.0. The lowest BCUT2D eigenvalue weighted by molar-refractivity contribution is -0.208. The number of thioether (sulfide) groups is 1. The third-order valence-electron chi connectivity index (χ3n) is 7.36. The van der Waals surface area contributed by atoms with Gasteiger partial charge in [0.1, 0.15) is 41.7 Å². The smallest absolute Gasteiger partial charge is 0.240 e. The maximum absolute atomic E-state index is 13.4. The molecule has 0 bridgehead atoms. The first kappa shape index (κ1) is 27.5. The van der Waals surface area contributed by atoms with E-state index in [0.717, 1.165) is 25.2 Å². The van der Waals surface area contributed by atoms with Crippen molar-refractivity contribution >= 4 is 23.5 Å². The number of anilines is 1. The van der Waals surface area contributed by atoms with Crippen LogP contribution < -0.4 is 16.4 Å². The summed E-state index contributed by atoms with van der Waals surface area (Å²) in [6.07, 6.45) is -1.58. The van der Waals surface area contributed by atoms with Crippen molar-refractivity contribution < 1.29 is 29.6 Å². The van der Waals surface area contributed by atoms with Gasteiger partial charge in [0.2, 0.25) is 5.91 Å². The number of hydrogen-bond donors (Lipinski definition) is 6. The van der Waals surface area contributed by atoms with Crippen LogP contribution in [0.25, 0.3) is 0 Å². The van der Waals surface area contributed by atoms with Crippen LogP contribution in [0.15, 0.2) is 18.3 Å². The van der Waals surface area contributed by atoms with E-state index in [1.54, 1.807) is 12.5 Å². The standard InChI is InChI=1S/C24H39N5O6S/c1-12(2)16(22-19(31)18(30)20(32)24(35-22)36-3)28-23(33)17-21-14(9-27-17)11-29(6-7-34-21)10-13-4-5-26-15(25)8-13/h4-5,8,12,14,16-22,24,27,30-32H,6-7,9-11H2,1-3H3,(H2,25,26)(H,28,33)/t14-,16-,17?,18?,19?,20-,21-,22-,24?/m1/s1. The highest BCUT2D eigenvalue weighted by Crippen LogP contribution is 2.31. The van der Waals surface area contributed by atoms with E-state index in [4.69, 9.17) is 15.2 Å². The molecule has 1 aromatic heterocycles. The molecule has 12 heteroatoms. The van der Waals surface area contributed by atoms with Gasteiger partial charge in [-0.2, -0.15) is 0 Å². The Morgan fingerprint density at radius 2 is 2.11 bits per heavy atom. The molecule has 3 fully saturated rings. The highest BCUT2D eigenvalue weighted by molar-refractivity contribution is 7.99. The molecule has 4 rings (SSSR count). The summed E-state index contributed by atoms with van der Waals surface area (Å²) in [7, 11) is 0. The van der Waals surface area contributed by atoms with Crippen molar-refractivity contribution in [3.05, 3.63) is 23.9 Å². The molecule has 36 heavy (non-hydrogen) atoms. The van der Waals surface area contributed by atoms with Gasteiger partial charge in [0.25, 0.3) is 0 Å². The summed E-state index contributed by atoms with van der Waals surface area (Å²) in [6, 6.07) is 2.72. The fraction of sp³-hybridized carbons (Fsp3) is 0.750. The summed E-state index contributed by atoms with van der Waals surface area (Å²) in [4.78, 5) is 19.8. The van der Waals surface area contributed by atoms with Crippen LogP contribution in [0.4, 0.5) is 5.82 Å². The van der Waals surface area contributed by atoms with E-state index in [0.29, 0.717) is 19.0 Å². The van der Waals surface area contributed by atoms with Crippen LogP contribution in [-0.2, 0) is 20.8 Å². The predicted molar refractivity (Wildman–Crippen MR) is 136 cm³/mol. The molecular formula is C24H39N5O6S. The average Bonchev–Trinajstić information content (AvgIpc) is 3.13. The number of carbonyl (C=O) groups is 1. The molecule has 9 atom stereocenters. The average molecular weight is 526 g/mol. The molecule has 0 saturated carbocycles.